The molecular weight excluding hydrogens is 330 g/mol. The van der Waals surface area contributed by atoms with E-state index < -0.39 is 18.0 Å². The molecule has 0 aliphatic heterocycles. The lowest BCUT2D eigenvalue weighted by atomic mass is 10.1. The Bertz CT molecular complexity index is 444. The van der Waals surface area contributed by atoms with Crippen molar-refractivity contribution in [1.29, 1.82) is 5.41 Å². The van der Waals surface area contributed by atoms with Crippen LogP contribution in [0.25, 0.3) is 0 Å². The molecule has 8 N–H and O–H groups in total. The van der Waals surface area contributed by atoms with E-state index in [1.165, 1.54) is 0 Å². The summed E-state index contributed by atoms with van der Waals surface area (Å²) in [5.41, 5.74) is 5.14. The fourth-order valence-corrected chi connectivity index (χ4v) is 1.95. The van der Waals surface area contributed by atoms with Crippen LogP contribution in [0.2, 0.25) is 0 Å². The highest BCUT2D eigenvalue weighted by molar-refractivity contribution is 5.82. The Kier molecular flexibility index (Phi) is 12.7. The standard InChI is InChI=1S/C15H29N5O5/c16-15(17)19-8-4-2-1-3-6-12(22)20-10-11(21)14(25)18-9-5-7-13(23)24/h11,21H,1-10H2,(H,18,25)(H,20,22)(H,23,24)(H4,16,17,19)/t11-/m0/s1. The second kappa shape index (κ2) is 14.0. The third kappa shape index (κ3) is 14.9. The summed E-state index contributed by atoms with van der Waals surface area (Å²) in [6, 6.07) is 0. The Labute approximate surface area is 147 Å². The molecule has 0 aromatic carbocycles. The van der Waals surface area contributed by atoms with Gasteiger partial charge in [-0.1, -0.05) is 12.8 Å². The van der Waals surface area contributed by atoms with E-state index >= 15 is 0 Å². The van der Waals surface area contributed by atoms with Crippen molar-refractivity contribution >= 4 is 23.7 Å². The molecule has 0 saturated heterocycles. The smallest absolute Gasteiger partial charge is 0.303 e. The molecule has 0 bridgehead atoms. The molecule has 2 amide bonds. The van der Waals surface area contributed by atoms with Gasteiger partial charge in [-0.3, -0.25) is 19.8 Å². The van der Waals surface area contributed by atoms with E-state index in [1.54, 1.807) is 0 Å². The fraction of sp³-hybridized carbons (Fsp3) is 0.733. The lowest BCUT2D eigenvalue weighted by Crippen LogP contribution is -2.43. The van der Waals surface area contributed by atoms with Crippen molar-refractivity contribution in [2.24, 2.45) is 5.73 Å². The van der Waals surface area contributed by atoms with Gasteiger partial charge in [-0.15, -0.1) is 0 Å². The molecule has 0 aliphatic carbocycles. The molecule has 25 heavy (non-hydrogen) atoms. The van der Waals surface area contributed by atoms with Gasteiger partial charge in [0.05, 0.1) is 6.54 Å². The number of carbonyl (C=O) groups is 3. The predicted molar refractivity (Wildman–Crippen MR) is 91.9 cm³/mol. The van der Waals surface area contributed by atoms with E-state index in [4.69, 9.17) is 16.2 Å². The number of aliphatic hydroxyl groups excluding tert-OH is 1. The number of nitrogens with one attached hydrogen (secondary N) is 4. The predicted octanol–water partition coefficient (Wildman–Crippen LogP) is -1.12. The van der Waals surface area contributed by atoms with Crippen molar-refractivity contribution in [1.82, 2.24) is 16.0 Å². The van der Waals surface area contributed by atoms with E-state index in [9.17, 15) is 19.5 Å². The van der Waals surface area contributed by atoms with Crippen LogP contribution in [0, 0.1) is 5.41 Å². The summed E-state index contributed by atoms with van der Waals surface area (Å²) >= 11 is 0. The van der Waals surface area contributed by atoms with Crippen molar-refractivity contribution in [3.05, 3.63) is 0 Å². The molecule has 10 heteroatoms. The maximum Gasteiger partial charge on any atom is 0.303 e. The molecule has 0 fully saturated rings. The van der Waals surface area contributed by atoms with Gasteiger partial charge in [-0.2, -0.15) is 0 Å². The molecule has 0 saturated carbocycles. The number of aliphatic hydroxyl groups is 1. The van der Waals surface area contributed by atoms with Crippen LogP contribution >= 0.6 is 0 Å². The van der Waals surface area contributed by atoms with Crippen molar-refractivity contribution < 1.29 is 24.6 Å². The first-order chi connectivity index (χ1) is 11.8. The highest BCUT2D eigenvalue weighted by Gasteiger charge is 2.15. The van der Waals surface area contributed by atoms with Gasteiger partial charge in [0, 0.05) is 25.9 Å². The van der Waals surface area contributed by atoms with E-state index in [0.717, 1.165) is 19.3 Å². The molecule has 0 aromatic heterocycles. The second-order valence-electron chi connectivity index (χ2n) is 5.61. The van der Waals surface area contributed by atoms with Gasteiger partial charge in [-0.05, 0) is 19.3 Å². The van der Waals surface area contributed by atoms with Gasteiger partial charge >= 0.3 is 5.97 Å². The molecule has 0 spiro atoms. The normalized spacial score (nSPS) is 11.4. The summed E-state index contributed by atoms with van der Waals surface area (Å²) in [6.45, 7) is 0.621. The summed E-state index contributed by atoms with van der Waals surface area (Å²) in [5.74, 6) is -1.87. The molecule has 0 rings (SSSR count). The number of amides is 2. The first-order valence-electron chi connectivity index (χ1n) is 8.35. The Morgan fingerprint density at radius 1 is 0.920 bits per heavy atom. The number of carboxylic acids is 1. The van der Waals surface area contributed by atoms with Gasteiger partial charge in [0.2, 0.25) is 5.91 Å². The maximum atomic E-state index is 11.6. The Morgan fingerprint density at radius 2 is 1.56 bits per heavy atom. The molecule has 0 unspecified atom stereocenters. The number of guanidine groups is 1. The van der Waals surface area contributed by atoms with Gasteiger partial charge < -0.3 is 31.9 Å². The zero-order chi connectivity index (χ0) is 19.1. The van der Waals surface area contributed by atoms with E-state index in [-0.39, 0.29) is 37.8 Å². The van der Waals surface area contributed by atoms with E-state index in [1.807, 2.05) is 0 Å². The summed E-state index contributed by atoms with van der Waals surface area (Å²) in [6.07, 6.45) is 2.51. The van der Waals surface area contributed by atoms with Crippen LogP contribution < -0.4 is 21.7 Å². The van der Waals surface area contributed by atoms with Crippen molar-refractivity contribution in [3.8, 4) is 0 Å². The monoisotopic (exact) mass is 359 g/mol. The molecule has 1 atom stereocenters. The largest absolute Gasteiger partial charge is 0.481 e. The average molecular weight is 359 g/mol. The van der Waals surface area contributed by atoms with Gasteiger partial charge in [0.15, 0.2) is 5.96 Å². The number of nitrogens with two attached hydrogens (primary N) is 1. The molecule has 0 radical (unpaired) electrons. The van der Waals surface area contributed by atoms with Crippen LogP contribution in [-0.4, -0.2) is 59.7 Å². The number of hydrogen-bond donors (Lipinski definition) is 7. The lowest BCUT2D eigenvalue weighted by Gasteiger charge is -2.12. The maximum absolute atomic E-state index is 11.6. The first-order valence-corrected chi connectivity index (χ1v) is 8.35. The van der Waals surface area contributed by atoms with E-state index in [2.05, 4.69) is 16.0 Å². The summed E-state index contributed by atoms with van der Waals surface area (Å²) in [5, 5.41) is 32.6. The number of carboxylic acid groups (broad SMARTS) is 1. The summed E-state index contributed by atoms with van der Waals surface area (Å²) < 4.78 is 0. The van der Waals surface area contributed by atoms with Gasteiger partial charge in [0.1, 0.15) is 6.10 Å². The minimum Gasteiger partial charge on any atom is -0.481 e. The van der Waals surface area contributed by atoms with Crippen LogP contribution in [0.1, 0.15) is 44.9 Å². The molecule has 0 heterocycles. The quantitative estimate of drug-likeness (QED) is 0.117. The first kappa shape index (κ1) is 22.6. The zero-order valence-corrected chi connectivity index (χ0v) is 14.3. The van der Waals surface area contributed by atoms with Gasteiger partial charge in [-0.25, -0.2) is 0 Å². The number of hydrogen-bond acceptors (Lipinski definition) is 5. The second-order valence-corrected chi connectivity index (χ2v) is 5.61. The number of rotatable bonds is 14. The van der Waals surface area contributed by atoms with Crippen LogP contribution in [0.5, 0.6) is 0 Å². The van der Waals surface area contributed by atoms with Crippen LogP contribution in [0.15, 0.2) is 0 Å². The van der Waals surface area contributed by atoms with Crippen molar-refractivity contribution in [3.63, 3.8) is 0 Å². The molecule has 144 valence electrons. The van der Waals surface area contributed by atoms with Crippen LogP contribution in [0.4, 0.5) is 0 Å². The Hall–Kier alpha value is -2.36. The SMILES string of the molecule is N=C(N)NCCCCCCC(=O)NC[C@H](O)C(=O)NCCCC(=O)O. The highest BCUT2D eigenvalue weighted by atomic mass is 16.4. The van der Waals surface area contributed by atoms with E-state index in [0.29, 0.717) is 19.4 Å². The Balaban J connectivity index is 3.61. The minimum atomic E-state index is -1.36. The number of unbranched alkanes of at least 4 members (excludes halogenated alkanes) is 3. The minimum absolute atomic E-state index is 0.0520. The van der Waals surface area contributed by atoms with Gasteiger partial charge in [0.25, 0.3) is 5.91 Å². The van der Waals surface area contributed by atoms with Crippen molar-refractivity contribution in [2.75, 3.05) is 19.6 Å². The Morgan fingerprint density at radius 3 is 2.20 bits per heavy atom. The molecular formula is C15H29N5O5. The average Bonchev–Trinajstić information content (AvgIpc) is 2.54. The third-order valence-electron chi connectivity index (χ3n) is 3.31. The number of aliphatic carboxylic acids is 1. The fourth-order valence-electron chi connectivity index (χ4n) is 1.95. The molecule has 10 nitrogen and oxygen atoms in total. The van der Waals surface area contributed by atoms with Crippen LogP contribution in [0.3, 0.4) is 0 Å². The topological polar surface area (TPSA) is 178 Å². The molecule has 0 aliphatic rings. The zero-order valence-electron chi connectivity index (χ0n) is 14.3. The summed E-state index contributed by atoms with van der Waals surface area (Å²) in [4.78, 5) is 33.4. The van der Waals surface area contributed by atoms with Crippen LogP contribution in [-0.2, 0) is 14.4 Å². The number of carbonyl (C=O) groups excluding carboxylic acids is 2. The highest BCUT2D eigenvalue weighted by Crippen LogP contribution is 2.02. The summed E-state index contributed by atoms with van der Waals surface area (Å²) in [7, 11) is 0. The van der Waals surface area contributed by atoms with Crippen molar-refractivity contribution in [2.45, 2.75) is 51.0 Å². The third-order valence-corrected chi connectivity index (χ3v) is 3.31. The molecule has 0 aromatic rings. The lowest BCUT2D eigenvalue weighted by molar-refractivity contribution is -0.137.